The van der Waals surface area contributed by atoms with Crippen molar-refractivity contribution in [2.45, 2.75) is 20.3 Å². The van der Waals surface area contributed by atoms with E-state index < -0.39 is 0 Å². The molecule has 3 nitrogen and oxygen atoms in total. The normalized spacial score (nSPS) is 12.6. The van der Waals surface area contributed by atoms with Crippen molar-refractivity contribution in [1.29, 1.82) is 0 Å². The van der Waals surface area contributed by atoms with E-state index in [1.807, 2.05) is 13.8 Å². The van der Waals surface area contributed by atoms with Crippen LogP contribution in [-0.4, -0.2) is 41.5 Å². The van der Waals surface area contributed by atoms with Crippen molar-refractivity contribution in [2.24, 2.45) is 5.92 Å². The summed E-state index contributed by atoms with van der Waals surface area (Å²) in [6, 6.07) is 0. The summed E-state index contributed by atoms with van der Waals surface area (Å²) >= 11 is 5.45. The molecule has 0 saturated carbocycles. The Morgan fingerprint density at radius 3 is 2.62 bits per heavy atom. The molecule has 0 rings (SSSR count). The van der Waals surface area contributed by atoms with Crippen LogP contribution in [0.2, 0.25) is 0 Å². The van der Waals surface area contributed by atoms with Crippen LogP contribution in [0, 0.1) is 5.92 Å². The molecule has 1 atom stereocenters. The molecular formula is C9H18ClNO2. The lowest BCUT2D eigenvalue weighted by Gasteiger charge is -2.23. The van der Waals surface area contributed by atoms with Gasteiger partial charge in [0, 0.05) is 19.7 Å². The molecule has 1 N–H and O–H groups in total. The van der Waals surface area contributed by atoms with E-state index in [2.05, 4.69) is 0 Å². The molecule has 0 fully saturated rings. The van der Waals surface area contributed by atoms with Crippen LogP contribution < -0.4 is 0 Å². The third-order valence-corrected chi connectivity index (χ3v) is 2.23. The van der Waals surface area contributed by atoms with E-state index in [4.69, 9.17) is 16.7 Å². The summed E-state index contributed by atoms with van der Waals surface area (Å²) in [6.45, 7) is 5.48. The maximum atomic E-state index is 11.2. The summed E-state index contributed by atoms with van der Waals surface area (Å²) in [5.41, 5.74) is 0. The number of alkyl halides is 1. The number of halogens is 1. The lowest BCUT2D eigenvalue weighted by atomic mass is 10.1. The minimum atomic E-state index is -0.0334. The molecule has 0 bridgehead atoms. The van der Waals surface area contributed by atoms with Crippen molar-refractivity contribution in [3.8, 4) is 0 Å². The van der Waals surface area contributed by atoms with E-state index in [0.717, 1.165) is 6.42 Å². The van der Waals surface area contributed by atoms with Crippen molar-refractivity contribution in [3.05, 3.63) is 0 Å². The number of carbonyl (C=O) groups is 1. The number of carbonyl (C=O) groups excluding carboxylic acids is 1. The second-order valence-corrected chi connectivity index (χ2v) is 3.45. The minimum absolute atomic E-state index is 0.0334. The van der Waals surface area contributed by atoms with E-state index in [9.17, 15) is 4.79 Å². The maximum Gasteiger partial charge on any atom is 0.237 e. The molecule has 0 aromatic rings. The standard InChI is InChI=1S/C9H18ClNO2/c1-3-11(9(13)6-10)7-8(2)4-5-12/h8,12H,3-7H2,1-2H3/t8-/m0/s1. The molecule has 13 heavy (non-hydrogen) atoms. The molecule has 78 valence electrons. The fourth-order valence-electron chi connectivity index (χ4n) is 1.18. The van der Waals surface area contributed by atoms with Gasteiger partial charge in [0.2, 0.25) is 5.91 Å². The van der Waals surface area contributed by atoms with Crippen molar-refractivity contribution in [3.63, 3.8) is 0 Å². The van der Waals surface area contributed by atoms with Gasteiger partial charge in [0.1, 0.15) is 5.88 Å². The molecule has 1 amide bonds. The third kappa shape index (κ3) is 5.11. The fourth-order valence-corrected chi connectivity index (χ4v) is 1.35. The average molecular weight is 208 g/mol. The molecule has 0 saturated heterocycles. The van der Waals surface area contributed by atoms with Crippen molar-refractivity contribution in [1.82, 2.24) is 4.90 Å². The lowest BCUT2D eigenvalue weighted by Crippen LogP contribution is -2.35. The number of hydrogen-bond donors (Lipinski definition) is 1. The van der Waals surface area contributed by atoms with Gasteiger partial charge in [0.25, 0.3) is 0 Å². The molecular weight excluding hydrogens is 190 g/mol. The summed E-state index contributed by atoms with van der Waals surface area (Å²) in [6.07, 6.45) is 0.728. The zero-order chi connectivity index (χ0) is 10.3. The molecule has 0 aliphatic rings. The molecule has 0 aromatic carbocycles. The first-order chi connectivity index (χ1) is 6.15. The topological polar surface area (TPSA) is 40.5 Å². The molecule has 0 unspecified atom stereocenters. The Labute approximate surface area is 84.7 Å². The van der Waals surface area contributed by atoms with E-state index in [1.165, 1.54) is 0 Å². The Bertz CT molecular complexity index is 153. The fraction of sp³-hybridized carbons (Fsp3) is 0.889. The van der Waals surface area contributed by atoms with Crippen LogP contribution in [0.5, 0.6) is 0 Å². The van der Waals surface area contributed by atoms with Gasteiger partial charge < -0.3 is 10.0 Å². The second kappa shape index (κ2) is 7.15. The summed E-state index contributed by atoms with van der Waals surface area (Å²) in [5, 5.41) is 8.69. The Hall–Kier alpha value is -0.280. The first kappa shape index (κ1) is 12.7. The lowest BCUT2D eigenvalue weighted by molar-refractivity contribution is -0.128. The van der Waals surface area contributed by atoms with Gasteiger partial charge in [-0.3, -0.25) is 4.79 Å². The highest BCUT2D eigenvalue weighted by atomic mass is 35.5. The Kier molecular flexibility index (Phi) is 7.00. The Morgan fingerprint density at radius 2 is 2.23 bits per heavy atom. The van der Waals surface area contributed by atoms with Crippen LogP contribution in [-0.2, 0) is 4.79 Å². The van der Waals surface area contributed by atoms with Gasteiger partial charge in [-0.25, -0.2) is 0 Å². The average Bonchev–Trinajstić information content (AvgIpc) is 2.13. The van der Waals surface area contributed by atoms with E-state index >= 15 is 0 Å². The van der Waals surface area contributed by atoms with E-state index in [-0.39, 0.29) is 18.4 Å². The summed E-state index contributed by atoms with van der Waals surface area (Å²) in [5.74, 6) is 0.339. The molecule has 0 radical (unpaired) electrons. The smallest absolute Gasteiger partial charge is 0.237 e. The molecule has 0 aliphatic carbocycles. The van der Waals surface area contributed by atoms with Gasteiger partial charge in [-0.15, -0.1) is 11.6 Å². The maximum absolute atomic E-state index is 11.2. The van der Waals surface area contributed by atoms with Crippen LogP contribution in [0.1, 0.15) is 20.3 Å². The van der Waals surface area contributed by atoms with Gasteiger partial charge in [-0.2, -0.15) is 0 Å². The number of aliphatic hydroxyl groups excluding tert-OH is 1. The Morgan fingerprint density at radius 1 is 1.62 bits per heavy atom. The highest BCUT2D eigenvalue weighted by Crippen LogP contribution is 2.05. The van der Waals surface area contributed by atoms with Gasteiger partial charge in [-0.1, -0.05) is 6.92 Å². The summed E-state index contributed by atoms with van der Waals surface area (Å²) in [7, 11) is 0. The zero-order valence-electron chi connectivity index (χ0n) is 8.29. The van der Waals surface area contributed by atoms with Gasteiger partial charge in [0.15, 0.2) is 0 Å². The first-order valence-electron chi connectivity index (χ1n) is 4.60. The predicted molar refractivity (Wildman–Crippen MR) is 53.8 cm³/mol. The molecule has 4 heteroatoms. The highest BCUT2D eigenvalue weighted by Gasteiger charge is 2.13. The highest BCUT2D eigenvalue weighted by molar-refractivity contribution is 6.27. The monoisotopic (exact) mass is 207 g/mol. The summed E-state index contributed by atoms with van der Waals surface area (Å²) < 4.78 is 0. The number of hydrogen-bond acceptors (Lipinski definition) is 2. The van der Waals surface area contributed by atoms with E-state index in [0.29, 0.717) is 19.0 Å². The van der Waals surface area contributed by atoms with Crippen LogP contribution >= 0.6 is 11.6 Å². The SMILES string of the molecule is CCN(C[C@@H](C)CCO)C(=O)CCl. The summed E-state index contributed by atoms with van der Waals surface area (Å²) in [4.78, 5) is 12.9. The number of nitrogens with zero attached hydrogens (tertiary/aromatic N) is 1. The predicted octanol–water partition coefficient (Wildman–Crippen LogP) is 1.09. The van der Waals surface area contributed by atoms with Gasteiger partial charge in [-0.05, 0) is 19.3 Å². The van der Waals surface area contributed by atoms with E-state index in [1.54, 1.807) is 4.90 Å². The van der Waals surface area contributed by atoms with Crippen LogP contribution in [0.15, 0.2) is 0 Å². The minimum Gasteiger partial charge on any atom is -0.396 e. The van der Waals surface area contributed by atoms with Crippen LogP contribution in [0.3, 0.4) is 0 Å². The van der Waals surface area contributed by atoms with Gasteiger partial charge >= 0.3 is 0 Å². The van der Waals surface area contributed by atoms with Gasteiger partial charge in [0.05, 0.1) is 0 Å². The van der Waals surface area contributed by atoms with Crippen molar-refractivity contribution in [2.75, 3.05) is 25.6 Å². The molecule has 0 spiro atoms. The number of amides is 1. The second-order valence-electron chi connectivity index (χ2n) is 3.18. The Balaban J connectivity index is 3.89. The zero-order valence-corrected chi connectivity index (χ0v) is 9.05. The largest absolute Gasteiger partial charge is 0.396 e. The third-order valence-electron chi connectivity index (χ3n) is 2.00. The number of aliphatic hydroxyl groups is 1. The molecule has 0 aromatic heterocycles. The molecule has 0 aliphatic heterocycles. The van der Waals surface area contributed by atoms with Crippen molar-refractivity contribution >= 4 is 17.5 Å². The quantitative estimate of drug-likeness (QED) is 0.663. The van der Waals surface area contributed by atoms with Crippen molar-refractivity contribution < 1.29 is 9.90 Å². The van der Waals surface area contributed by atoms with Crippen LogP contribution in [0.25, 0.3) is 0 Å². The first-order valence-corrected chi connectivity index (χ1v) is 5.13. The van der Waals surface area contributed by atoms with Crippen LogP contribution in [0.4, 0.5) is 0 Å². The molecule has 0 heterocycles. The number of rotatable bonds is 6.